The van der Waals surface area contributed by atoms with Gasteiger partial charge in [-0.15, -0.1) is 0 Å². The van der Waals surface area contributed by atoms with Gasteiger partial charge in [-0.2, -0.15) is 0 Å². The van der Waals surface area contributed by atoms with Gasteiger partial charge in [0.1, 0.15) is 0 Å². The molecule has 0 saturated carbocycles. The summed E-state index contributed by atoms with van der Waals surface area (Å²) in [6, 6.07) is 2.04. The number of methoxy groups -OCH3 is 1. The Balaban J connectivity index is 3.23. The first-order valence-electron chi connectivity index (χ1n) is 5.27. The minimum absolute atomic E-state index is 0.586. The average Bonchev–Trinajstić information content (AvgIpc) is 2.25. The molecule has 8 heteroatoms. The summed E-state index contributed by atoms with van der Waals surface area (Å²) in [5.41, 5.74) is -2.02. The van der Waals surface area contributed by atoms with Crippen molar-refractivity contribution in [1.82, 2.24) is 0 Å². The number of hydrogen-bond acceptors (Lipinski definition) is 6. The molecule has 0 saturated heterocycles. The second kappa shape index (κ2) is 4.34. The highest BCUT2D eigenvalue weighted by atomic mass is 16.6. The number of rotatable bonds is 3. The predicted molar refractivity (Wildman–Crippen MR) is 51.1 cm³/mol. The van der Waals surface area contributed by atoms with Gasteiger partial charge >= 0.3 is 5.97 Å². The Bertz CT molecular complexity index is 524. The Labute approximate surface area is 93.0 Å². The maximum atomic E-state index is 11.4. The summed E-state index contributed by atoms with van der Waals surface area (Å²) >= 11 is 0. The Morgan fingerprint density at radius 1 is 1.25 bits per heavy atom. The van der Waals surface area contributed by atoms with E-state index >= 15 is 0 Å². The van der Waals surface area contributed by atoms with Crippen LogP contribution in [0.3, 0.4) is 0 Å². The number of carbonyl (C=O) groups excluding carboxylic acids is 1. The standard InChI is InChI=1S/C8H6N2O6/c1-16-8(11)5-2-6(9(12)13)4-7(3-5)10(14)15/h2-4H,1H3/i1T3. The average molecular weight is 232 g/mol. The van der Waals surface area contributed by atoms with E-state index in [9.17, 15) is 25.0 Å². The number of carbonyl (C=O) groups is 1. The molecule has 0 atom stereocenters. The van der Waals surface area contributed by atoms with Gasteiger partial charge in [-0.25, -0.2) is 4.79 Å². The summed E-state index contributed by atoms with van der Waals surface area (Å²) < 4.78 is 24.1. The monoisotopic (exact) mass is 232 g/mol. The molecule has 0 bridgehead atoms. The van der Waals surface area contributed by atoms with Gasteiger partial charge in [0, 0.05) is 12.1 Å². The molecule has 0 amide bonds. The molecule has 0 aromatic heterocycles. The van der Waals surface area contributed by atoms with Crippen molar-refractivity contribution in [3.8, 4) is 0 Å². The first-order valence-corrected chi connectivity index (χ1v) is 3.77. The molecule has 0 unspecified atom stereocenters. The largest absolute Gasteiger partial charge is 0.465 e. The summed E-state index contributed by atoms with van der Waals surface area (Å²) in [5.74, 6) is -1.41. The van der Waals surface area contributed by atoms with E-state index in [1.165, 1.54) is 0 Å². The summed E-state index contributed by atoms with van der Waals surface area (Å²) in [5, 5.41) is 21.1. The van der Waals surface area contributed by atoms with E-state index < -0.39 is 39.8 Å². The lowest BCUT2D eigenvalue weighted by Crippen LogP contribution is -2.03. The normalized spacial score (nSPS) is 13.1. The third-order valence-corrected chi connectivity index (χ3v) is 1.65. The number of benzene rings is 1. The molecule has 1 rings (SSSR count). The smallest absolute Gasteiger partial charge is 0.338 e. The van der Waals surface area contributed by atoms with Crippen LogP contribution in [0, 0.1) is 20.2 Å². The quantitative estimate of drug-likeness (QED) is 0.440. The second-order valence-corrected chi connectivity index (χ2v) is 2.64. The molecule has 1 aromatic rings. The molecule has 0 heterocycles. The molecule has 16 heavy (non-hydrogen) atoms. The van der Waals surface area contributed by atoms with E-state index in [0.717, 1.165) is 0 Å². The second-order valence-electron chi connectivity index (χ2n) is 2.64. The van der Waals surface area contributed by atoms with Crippen LogP contribution in [-0.2, 0) is 4.74 Å². The maximum Gasteiger partial charge on any atom is 0.338 e. The van der Waals surface area contributed by atoms with Crippen molar-refractivity contribution >= 4 is 17.3 Å². The molecule has 0 N–H and O–H groups in total. The van der Waals surface area contributed by atoms with Crippen LogP contribution < -0.4 is 0 Å². The van der Waals surface area contributed by atoms with Gasteiger partial charge in [-0.3, -0.25) is 20.2 Å². The van der Waals surface area contributed by atoms with E-state index in [-0.39, 0.29) is 0 Å². The number of nitro groups is 2. The van der Waals surface area contributed by atoms with Gasteiger partial charge < -0.3 is 4.74 Å². The van der Waals surface area contributed by atoms with Crippen molar-refractivity contribution in [3.63, 3.8) is 0 Å². The molecule has 0 spiro atoms. The fourth-order valence-corrected chi connectivity index (χ4v) is 0.983. The number of hydrogen-bond donors (Lipinski definition) is 0. The molecule has 1 aromatic carbocycles. The van der Waals surface area contributed by atoms with Gasteiger partial charge in [-0.1, -0.05) is 0 Å². The van der Waals surface area contributed by atoms with Gasteiger partial charge in [0.2, 0.25) is 0 Å². The van der Waals surface area contributed by atoms with E-state index in [1.54, 1.807) is 0 Å². The fourth-order valence-electron chi connectivity index (χ4n) is 0.983. The Hall–Kier alpha value is -2.51. The molecule has 8 nitrogen and oxygen atoms in total. The number of esters is 1. The number of ether oxygens (including phenoxy) is 1. The van der Waals surface area contributed by atoms with E-state index in [4.69, 9.17) is 4.11 Å². The zero-order chi connectivity index (χ0) is 14.8. The van der Waals surface area contributed by atoms with Crippen molar-refractivity contribution in [3.05, 3.63) is 44.0 Å². The predicted octanol–water partition coefficient (Wildman–Crippen LogP) is 1.29. The summed E-state index contributed by atoms with van der Waals surface area (Å²) in [4.78, 5) is 30.6. The van der Waals surface area contributed by atoms with Crippen molar-refractivity contribution in [1.29, 1.82) is 0 Å². The molecule has 0 aliphatic carbocycles. The zero-order valence-electron chi connectivity index (χ0n) is 10.6. The van der Waals surface area contributed by atoms with Crippen LogP contribution in [0.15, 0.2) is 18.2 Å². The van der Waals surface area contributed by atoms with Crippen LogP contribution in [0.1, 0.15) is 14.5 Å². The first-order chi connectivity index (χ1) is 8.60. The third-order valence-electron chi connectivity index (χ3n) is 1.65. The van der Waals surface area contributed by atoms with Crippen LogP contribution in [0.4, 0.5) is 11.4 Å². The van der Waals surface area contributed by atoms with Crippen LogP contribution in [-0.4, -0.2) is 22.9 Å². The highest BCUT2D eigenvalue weighted by Crippen LogP contribution is 2.22. The van der Waals surface area contributed by atoms with E-state index in [1.807, 2.05) is 0 Å². The molecule has 84 valence electrons. The fraction of sp³-hybridized carbons (Fsp3) is 0.125. The van der Waals surface area contributed by atoms with Crippen LogP contribution in [0.25, 0.3) is 0 Å². The molecule has 0 radical (unpaired) electrons. The Morgan fingerprint density at radius 3 is 2.12 bits per heavy atom. The summed E-state index contributed by atoms with van der Waals surface area (Å²) in [7, 11) is -3.05. The van der Waals surface area contributed by atoms with Crippen LogP contribution in [0.5, 0.6) is 0 Å². The lowest BCUT2D eigenvalue weighted by Gasteiger charge is -1.99. The number of nitrogens with zero attached hydrogens (tertiary/aromatic N) is 2. The molecule has 0 fully saturated rings. The molecule has 0 aliphatic heterocycles. The molecular formula is C8H6N2O6. The van der Waals surface area contributed by atoms with Crippen LogP contribution >= 0.6 is 0 Å². The van der Waals surface area contributed by atoms with Crippen molar-refractivity contribution < 1.29 is 23.5 Å². The lowest BCUT2D eigenvalue weighted by molar-refractivity contribution is -0.394. The third kappa shape index (κ3) is 2.29. The van der Waals surface area contributed by atoms with Crippen molar-refractivity contribution in [2.45, 2.75) is 0 Å². The first kappa shape index (κ1) is 7.74. The van der Waals surface area contributed by atoms with Gasteiger partial charge in [0.15, 0.2) is 0 Å². The Kier molecular flexibility index (Phi) is 2.10. The van der Waals surface area contributed by atoms with Gasteiger partial charge in [-0.05, 0) is 0 Å². The topological polar surface area (TPSA) is 113 Å². The highest BCUT2D eigenvalue weighted by Gasteiger charge is 2.19. The number of nitro benzene ring substituents is 2. The SMILES string of the molecule is [3H]C([3H])([3H])OC(=O)c1cc([N+](=O)[O-])cc([N+](=O)[O-])c1. The summed E-state index contributed by atoms with van der Waals surface area (Å²) in [6.07, 6.45) is 0. The number of non-ortho nitro benzene ring substituents is 2. The van der Waals surface area contributed by atoms with Crippen molar-refractivity contribution in [2.24, 2.45) is 0 Å². The minimum atomic E-state index is -3.05. The van der Waals surface area contributed by atoms with E-state index in [2.05, 4.69) is 4.74 Å². The Morgan fingerprint density at radius 2 is 1.75 bits per heavy atom. The lowest BCUT2D eigenvalue weighted by atomic mass is 10.2. The van der Waals surface area contributed by atoms with Gasteiger partial charge in [0.25, 0.3) is 11.4 Å². The minimum Gasteiger partial charge on any atom is -0.465 e. The molecule has 0 aliphatic rings. The molecular weight excluding hydrogens is 220 g/mol. The van der Waals surface area contributed by atoms with E-state index in [0.29, 0.717) is 18.2 Å². The maximum absolute atomic E-state index is 11.4. The van der Waals surface area contributed by atoms with Crippen molar-refractivity contribution in [2.75, 3.05) is 7.04 Å². The summed E-state index contributed by atoms with van der Waals surface area (Å²) in [6.45, 7) is 0. The zero-order valence-corrected chi connectivity index (χ0v) is 7.58. The van der Waals surface area contributed by atoms with Gasteiger partial charge in [0.05, 0.1) is 32.6 Å². The highest BCUT2D eigenvalue weighted by molar-refractivity contribution is 5.91. The van der Waals surface area contributed by atoms with Crippen LogP contribution in [0.2, 0.25) is 0 Å².